The summed E-state index contributed by atoms with van der Waals surface area (Å²) in [4.78, 5) is 18.2. The first-order chi connectivity index (χ1) is 13.5. The first kappa shape index (κ1) is 18.7. The number of para-hydroxylation sites is 2. The Labute approximate surface area is 165 Å². The standard InChI is InChI=1S/C22H26N2O4/c1-14(25)15-7-8-22(23-11-15)24-12-16-9-18(26)21(10-17(16)13-24)28-20-6-4-3-5-19(20)27-2/h3-8,11,16-18,21,26H,9-10,12-13H2,1-2H3/t16-,17+,18+,21+/m0/s1. The summed E-state index contributed by atoms with van der Waals surface area (Å²) in [5.41, 5.74) is 0.626. The normalized spacial score (nSPS) is 26.6. The van der Waals surface area contributed by atoms with Crippen molar-refractivity contribution in [3.05, 3.63) is 48.2 Å². The van der Waals surface area contributed by atoms with Crippen LogP contribution in [0.5, 0.6) is 11.5 Å². The number of carbonyl (C=O) groups excluding carboxylic acids is 1. The highest BCUT2D eigenvalue weighted by atomic mass is 16.5. The van der Waals surface area contributed by atoms with E-state index in [1.165, 1.54) is 0 Å². The van der Waals surface area contributed by atoms with Gasteiger partial charge in [0.05, 0.1) is 13.2 Å². The van der Waals surface area contributed by atoms with Gasteiger partial charge in [0.25, 0.3) is 0 Å². The molecule has 2 heterocycles. The zero-order valence-electron chi connectivity index (χ0n) is 16.2. The van der Waals surface area contributed by atoms with Crippen LogP contribution in [0.2, 0.25) is 0 Å². The van der Waals surface area contributed by atoms with Crippen LogP contribution in [0.4, 0.5) is 5.82 Å². The number of carbonyl (C=O) groups is 1. The lowest BCUT2D eigenvalue weighted by Crippen LogP contribution is -2.42. The average molecular weight is 382 g/mol. The van der Waals surface area contributed by atoms with Gasteiger partial charge in [0.15, 0.2) is 17.3 Å². The van der Waals surface area contributed by atoms with Gasteiger partial charge in [-0.05, 0) is 55.9 Å². The Morgan fingerprint density at radius 3 is 2.46 bits per heavy atom. The van der Waals surface area contributed by atoms with Gasteiger partial charge in [0.2, 0.25) is 0 Å². The van der Waals surface area contributed by atoms with Gasteiger partial charge in [0.1, 0.15) is 11.9 Å². The van der Waals surface area contributed by atoms with Gasteiger partial charge >= 0.3 is 0 Å². The lowest BCUT2D eigenvalue weighted by Gasteiger charge is -2.35. The zero-order valence-corrected chi connectivity index (χ0v) is 16.2. The fourth-order valence-electron chi connectivity index (χ4n) is 4.36. The monoisotopic (exact) mass is 382 g/mol. The Morgan fingerprint density at radius 1 is 1.11 bits per heavy atom. The highest BCUT2D eigenvalue weighted by Crippen LogP contribution is 2.40. The molecule has 2 fully saturated rings. The first-order valence-electron chi connectivity index (χ1n) is 9.75. The third-order valence-corrected chi connectivity index (χ3v) is 5.91. The fourth-order valence-corrected chi connectivity index (χ4v) is 4.36. The number of ether oxygens (including phenoxy) is 2. The van der Waals surface area contributed by atoms with E-state index >= 15 is 0 Å². The molecule has 4 rings (SSSR count). The minimum absolute atomic E-state index is 0.0218. The quantitative estimate of drug-likeness (QED) is 0.802. The Bertz CT molecular complexity index is 839. The molecule has 1 aliphatic heterocycles. The second-order valence-corrected chi connectivity index (χ2v) is 7.73. The van der Waals surface area contributed by atoms with Crippen molar-refractivity contribution in [2.24, 2.45) is 11.8 Å². The number of aliphatic hydroxyl groups is 1. The number of hydrogen-bond donors (Lipinski definition) is 1. The highest BCUT2D eigenvalue weighted by Gasteiger charge is 2.43. The number of benzene rings is 1. The molecule has 28 heavy (non-hydrogen) atoms. The molecule has 0 amide bonds. The Balaban J connectivity index is 1.44. The van der Waals surface area contributed by atoms with Crippen molar-refractivity contribution >= 4 is 11.6 Å². The number of ketones is 1. The van der Waals surface area contributed by atoms with Crippen molar-refractivity contribution in [2.45, 2.75) is 32.0 Å². The van der Waals surface area contributed by atoms with E-state index in [9.17, 15) is 9.90 Å². The van der Waals surface area contributed by atoms with Crippen molar-refractivity contribution in [1.82, 2.24) is 4.98 Å². The van der Waals surface area contributed by atoms with Gasteiger partial charge in [-0.25, -0.2) is 4.98 Å². The molecule has 0 unspecified atom stereocenters. The first-order valence-corrected chi connectivity index (χ1v) is 9.75. The summed E-state index contributed by atoms with van der Waals surface area (Å²) < 4.78 is 11.5. The molecule has 2 aliphatic rings. The molecule has 0 spiro atoms. The van der Waals surface area contributed by atoms with Gasteiger partial charge in [0, 0.05) is 24.8 Å². The maximum Gasteiger partial charge on any atom is 0.161 e. The topological polar surface area (TPSA) is 71.9 Å². The Morgan fingerprint density at radius 2 is 1.82 bits per heavy atom. The number of anilines is 1. The van der Waals surface area contributed by atoms with Crippen LogP contribution in [0.25, 0.3) is 0 Å². The molecule has 6 heteroatoms. The number of hydrogen-bond acceptors (Lipinski definition) is 6. The molecule has 6 nitrogen and oxygen atoms in total. The third-order valence-electron chi connectivity index (χ3n) is 5.91. The summed E-state index contributed by atoms with van der Waals surface area (Å²) in [6.07, 6.45) is 2.41. The second kappa shape index (κ2) is 7.80. The molecule has 1 saturated carbocycles. The molecular formula is C22H26N2O4. The van der Waals surface area contributed by atoms with E-state index in [-0.39, 0.29) is 11.9 Å². The minimum atomic E-state index is -0.501. The average Bonchev–Trinajstić information content (AvgIpc) is 3.11. The smallest absolute Gasteiger partial charge is 0.161 e. The molecule has 1 aliphatic carbocycles. The third kappa shape index (κ3) is 3.69. The maximum absolute atomic E-state index is 11.4. The van der Waals surface area contributed by atoms with E-state index in [0.717, 1.165) is 25.3 Å². The van der Waals surface area contributed by atoms with Crippen LogP contribution in [0.15, 0.2) is 42.6 Å². The lowest BCUT2D eigenvalue weighted by molar-refractivity contribution is -0.0240. The van der Waals surface area contributed by atoms with Crippen LogP contribution in [-0.2, 0) is 0 Å². The minimum Gasteiger partial charge on any atom is -0.493 e. The summed E-state index contributed by atoms with van der Waals surface area (Å²) in [7, 11) is 1.62. The van der Waals surface area contributed by atoms with E-state index in [0.29, 0.717) is 35.3 Å². The van der Waals surface area contributed by atoms with Gasteiger partial charge < -0.3 is 19.5 Å². The Kier molecular flexibility index (Phi) is 5.22. The molecule has 2 aromatic rings. The molecule has 148 valence electrons. The van der Waals surface area contributed by atoms with E-state index in [4.69, 9.17) is 9.47 Å². The van der Waals surface area contributed by atoms with E-state index in [1.54, 1.807) is 20.2 Å². The fraction of sp³-hybridized carbons (Fsp3) is 0.455. The lowest BCUT2D eigenvalue weighted by atomic mass is 9.78. The largest absolute Gasteiger partial charge is 0.493 e. The SMILES string of the molecule is COc1ccccc1O[C@@H]1C[C@@H]2CN(c3ccc(C(C)=O)cn3)C[C@@H]2C[C@H]1O. The van der Waals surface area contributed by atoms with Crippen molar-refractivity contribution in [1.29, 1.82) is 0 Å². The number of pyridine rings is 1. The molecule has 0 radical (unpaired) electrons. The molecular weight excluding hydrogens is 356 g/mol. The maximum atomic E-state index is 11.4. The van der Waals surface area contributed by atoms with Gasteiger partial charge in [-0.1, -0.05) is 12.1 Å². The van der Waals surface area contributed by atoms with Crippen molar-refractivity contribution in [3.63, 3.8) is 0 Å². The van der Waals surface area contributed by atoms with E-state index in [2.05, 4.69) is 9.88 Å². The van der Waals surface area contributed by atoms with Crippen LogP contribution < -0.4 is 14.4 Å². The number of Topliss-reactive ketones (excluding diaryl/α,β-unsaturated/α-hetero) is 1. The number of aliphatic hydroxyl groups excluding tert-OH is 1. The summed E-state index contributed by atoms with van der Waals surface area (Å²) in [5, 5.41) is 10.7. The predicted octanol–water partition coefficient (Wildman–Crippen LogP) is 2.95. The van der Waals surface area contributed by atoms with E-state index < -0.39 is 6.10 Å². The number of rotatable bonds is 5. The van der Waals surface area contributed by atoms with Crippen LogP contribution in [0, 0.1) is 11.8 Å². The second-order valence-electron chi connectivity index (χ2n) is 7.73. The van der Waals surface area contributed by atoms with Crippen molar-refractivity contribution in [3.8, 4) is 11.5 Å². The molecule has 1 aromatic heterocycles. The molecule has 1 N–H and O–H groups in total. The summed E-state index contributed by atoms with van der Waals surface area (Å²) in [6.45, 7) is 3.30. The van der Waals surface area contributed by atoms with Crippen molar-refractivity contribution in [2.75, 3.05) is 25.1 Å². The van der Waals surface area contributed by atoms with Crippen LogP contribution in [0.3, 0.4) is 0 Å². The van der Waals surface area contributed by atoms with Gasteiger partial charge in [-0.3, -0.25) is 4.79 Å². The van der Waals surface area contributed by atoms with Crippen LogP contribution in [0.1, 0.15) is 30.1 Å². The molecule has 1 saturated heterocycles. The summed E-state index contributed by atoms with van der Waals surface area (Å²) in [5.74, 6) is 3.12. The number of aromatic nitrogens is 1. The predicted molar refractivity (Wildman–Crippen MR) is 106 cm³/mol. The highest BCUT2D eigenvalue weighted by molar-refractivity contribution is 5.93. The number of methoxy groups -OCH3 is 1. The molecule has 1 aromatic carbocycles. The number of fused-ring (bicyclic) bond motifs is 1. The van der Waals surface area contributed by atoms with Gasteiger partial charge in [-0.2, -0.15) is 0 Å². The molecule has 4 atom stereocenters. The summed E-state index contributed by atoms with van der Waals surface area (Å²) in [6, 6.07) is 11.3. The van der Waals surface area contributed by atoms with Gasteiger partial charge in [-0.15, -0.1) is 0 Å². The zero-order chi connectivity index (χ0) is 19.7. The number of nitrogens with zero attached hydrogens (tertiary/aromatic N) is 2. The van der Waals surface area contributed by atoms with Crippen LogP contribution in [-0.4, -0.2) is 48.3 Å². The summed E-state index contributed by atoms with van der Waals surface area (Å²) >= 11 is 0. The van der Waals surface area contributed by atoms with Crippen molar-refractivity contribution < 1.29 is 19.4 Å². The molecule has 0 bridgehead atoms. The Hall–Kier alpha value is -2.60. The van der Waals surface area contributed by atoms with E-state index in [1.807, 2.05) is 36.4 Å². The van der Waals surface area contributed by atoms with Crippen LogP contribution >= 0.6 is 0 Å².